The normalized spacial score (nSPS) is 23.8. The van der Waals surface area contributed by atoms with E-state index >= 15 is 0 Å². The molecular weight excluding hydrogens is 230 g/mol. The van der Waals surface area contributed by atoms with Crippen LogP contribution < -0.4 is 4.74 Å². The molecule has 0 aliphatic carbocycles. The first-order valence-corrected chi connectivity index (χ1v) is 6.23. The number of hydrogen-bond acceptors (Lipinski definition) is 3. The van der Waals surface area contributed by atoms with Gasteiger partial charge in [-0.2, -0.15) is 0 Å². The fraction of sp³-hybridized carbons (Fsp3) is 0.500. The van der Waals surface area contributed by atoms with E-state index in [9.17, 15) is 9.90 Å². The van der Waals surface area contributed by atoms with E-state index in [1.807, 2.05) is 19.1 Å². The zero-order chi connectivity index (χ0) is 13.1. The number of hydrogen-bond donors (Lipinski definition) is 1. The predicted octanol–water partition coefficient (Wildman–Crippen LogP) is 1.54. The molecule has 1 saturated heterocycles. The van der Waals surface area contributed by atoms with Crippen LogP contribution in [0.15, 0.2) is 24.3 Å². The number of carbonyl (C=O) groups excluding carboxylic acids is 1. The summed E-state index contributed by atoms with van der Waals surface area (Å²) in [7, 11) is 1.59. The zero-order valence-electron chi connectivity index (χ0n) is 10.8. The minimum absolute atomic E-state index is 0.00708. The van der Waals surface area contributed by atoms with Crippen LogP contribution in [-0.2, 0) is 0 Å². The lowest BCUT2D eigenvalue weighted by atomic mass is 9.96. The summed E-state index contributed by atoms with van der Waals surface area (Å²) in [6.07, 6.45) is 0.357. The van der Waals surface area contributed by atoms with E-state index in [1.54, 1.807) is 24.1 Å². The van der Waals surface area contributed by atoms with Gasteiger partial charge in [0.25, 0.3) is 5.91 Å². The predicted molar refractivity (Wildman–Crippen MR) is 68.7 cm³/mol. The van der Waals surface area contributed by atoms with Gasteiger partial charge < -0.3 is 14.7 Å². The van der Waals surface area contributed by atoms with Crippen molar-refractivity contribution in [3.8, 4) is 5.75 Å². The molecular formula is C14H19NO3. The summed E-state index contributed by atoms with van der Waals surface area (Å²) in [6.45, 7) is 3.19. The number of aliphatic hydroxyl groups is 1. The molecule has 1 aliphatic heterocycles. The summed E-state index contributed by atoms with van der Waals surface area (Å²) in [5, 5.41) is 9.67. The van der Waals surface area contributed by atoms with Crippen molar-refractivity contribution in [1.29, 1.82) is 0 Å². The van der Waals surface area contributed by atoms with Gasteiger partial charge in [0.05, 0.1) is 13.2 Å². The van der Waals surface area contributed by atoms with Gasteiger partial charge in [0, 0.05) is 18.7 Å². The van der Waals surface area contributed by atoms with Gasteiger partial charge in [0.15, 0.2) is 0 Å². The van der Waals surface area contributed by atoms with Crippen LogP contribution in [-0.4, -0.2) is 42.2 Å². The van der Waals surface area contributed by atoms with Crippen LogP contribution in [0, 0.1) is 5.92 Å². The highest BCUT2D eigenvalue weighted by atomic mass is 16.5. The number of amides is 1. The Labute approximate surface area is 107 Å². The van der Waals surface area contributed by atoms with Gasteiger partial charge in [0.1, 0.15) is 5.75 Å². The van der Waals surface area contributed by atoms with Crippen LogP contribution >= 0.6 is 0 Å². The van der Waals surface area contributed by atoms with Gasteiger partial charge in [-0.1, -0.05) is 13.0 Å². The van der Waals surface area contributed by atoms with Crippen LogP contribution in [0.2, 0.25) is 0 Å². The van der Waals surface area contributed by atoms with Gasteiger partial charge in [-0.3, -0.25) is 4.79 Å². The molecule has 1 amide bonds. The second-order valence-corrected chi connectivity index (χ2v) is 4.82. The lowest BCUT2D eigenvalue weighted by Gasteiger charge is -2.34. The first-order chi connectivity index (χ1) is 8.61. The highest BCUT2D eigenvalue weighted by Gasteiger charge is 2.27. The van der Waals surface area contributed by atoms with Gasteiger partial charge in [-0.15, -0.1) is 0 Å². The number of rotatable bonds is 2. The number of piperidine rings is 1. The molecule has 2 unspecified atom stereocenters. The molecule has 0 aromatic heterocycles. The summed E-state index contributed by atoms with van der Waals surface area (Å²) < 4.78 is 5.12. The Morgan fingerprint density at radius 3 is 2.94 bits per heavy atom. The number of aliphatic hydroxyl groups excluding tert-OH is 1. The first-order valence-electron chi connectivity index (χ1n) is 6.23. The first kappa shape index (κ1) is 12.9. The fourth-order valence-electron chi connectivity index (χ4n) is 2.26. The third-order valence-electron chi connectivity index (χ3n) is 3.46. The molecule has 4 heteroatoms. The van der Waals surface area contributed by atoms with E-state index in [-0.39, 0.29) is 17.9 Å². The lowest BCUT2D eigenvalue weighted by molar-refractivity contribution is 0.0297. The summed E-state index contributed by atoms with van der Waals surface area (Å²) in [4.78, 5) is 14.1. The Kier molecular flexibility index (Phi) is 3.87. The molecule has 1 heterocycles. The summed E-state index contributed by atoms with van der Waals surface area (Å²) in [5.74, 6) is 0.826. The van der Waals surface area contributed by atoms with Gasteiger partial charge in [-0.05, 0) is 30.5 Å². The number of ether oxygens (including phenoxy) is 1. The second kappa shape index (κ2) is 5.40. The van der Waals surface area contributed by atoms with Crippen molar-refractivity contribution in [2.24, 2.45) is 5.92 Å². The highest BCUT2D eigenvalue weighted by Crippen LogP contribution is 2.20. The van der Waals surface area contributed by atoms with Crippen LogP contribution in [0.25, 0.3) is 0 Å². The molecule has 98 valence electrons. The highest BCUT2D eigenvalue weighted by molar-refractivity contribution is 5.94. The average Bonchev–Trinajstić information content (AvgIpc) is 2.41. The number of carbonyl (C=O) groups is 1. The number of methoxy groups -OCH3 is 1. The molecule has 18 heavy (non-hydrogen) atoms. The number of likely N-dealkylation sites (tertiary alicyclic amines) is 1. The lowest BCUT2D eigenvalue weighted by Crippen LogP contribution is -2.44. The van der Waals surface area contributed by atoms with Crippen molar-refractivity contribution in [3.63, 3.8) is 0 Å². The van der Waals surface area contributed by atoms with Crippen LogP contribution in [0.1, 0.15) is 23.7 Å². The molecule has 2 atom stereocenters. The Hall–Kier alpha value is -1.55. The van der Waals surface area contributed by atoms with Crippen LogP contribution in [0.3, 0.4) is 0 Å². The molecule has 0 bridgehead atoms. The third kappa shape index (κ3) is 2.64. The maximum atomic E-state index is 12.3. The fourth-order valence-corrected chi connectivity index (χ4v) is 2.26. The minimum Gasteiger partial charge on any atom is -0.497 e. The van der Waals surface area contributed by atoms with E-state index in [1.165, 1.54) is 0 Å². The van der Waals surface area contributed by atoms with E-state index < -0.39 is 0 Å². The van der Waals surface area contributed by atoms with E-state index in [0.29, 0.717) is 30.8 Å². The average molecular weight is 249 g/mol. The van der Waals surface area contributed by atoms with E-state index in [4.69, 9.17) is 4.74 Å². The van der Waals surface area contributed by atoms with Gasteiger partial charge >= 0.3 is 0 Å². The monoisotopic (exact) mass is 249 g/mol. The number of nitrogens with zero attached hydrogens (tertiary/aromatic N) is 1. The molecule has 1 aromatic carbocycles. The standard InChI is InChI=1S/C14H19NO3/c1-10-9-15(7-6-13(10)16)14(17)11-4-3-5-12(8-11)18-2/h3-5,8,10,13,16H,6-7,9H2,1-2H3. The third-order valence-corrected chi connectivity index (χ3v) is 3.46. The Morgan fingerprint density at radius 2 is 2.28 bits per heavy atom. The smallest absolute Gasteiger partial charge is 0.253 e. The molecule has 1 aliphatic rings. The van der Waals surface area contributed by atoms with Crippen molar-refractivity contribution >= 4 is 5.91 Å². The van der Waals surface area contributed by atoms with Crippen LogP contribution in [0.5, 0.6) is 5.75 Å². The molecule has 1 fully saturated rings. The van der Waals surface area contributed by atoms with Gasteiger partial charge in [-0.25, -0.2) is 0 Å². The zero-order valence-corrected chi connectivity index (χ0v) is 10.8. The summed E-state index contributed by atoms with van der Waals surface area (Å²) >= 11 is 0. The molecule has 2 rings (SSSR count). The number of benzene rings is 1. The Bertz CT molecular complexity index is 433. The summed E-state index contributed by atoms with van der Waals surface area (Å²) in [6, 6.07) is 7.17. The van der Waals surface area contributed by atoms with Gasteiger partial charge in [0.2, 0.25) is 0 Å². The Balaban J connectivity index is 2.11. The molecule has 1 N–H and O–H groups in total. The SMILES string of the molecule is COc1cccc(C(=O)N2CCC(O)C(C)C2)c1. The maximum absolute atomic E-state index is 12.3. The second-order valence-electron chi connectivity index (χ2n) is 4.82. The summed E-state index contributed by atoms with van der Waals surface area (Å²) in [5.41, 5.74) is 0.637. The quantitative estimate of drug-likeness (QED) is 0.865. The van der Waals surface area contributed by atoms with Crippen LogP contribution in [0.4, 0.5) is 0 Å². The Morgan fingerprint density at radius 1 is 1.50 bits per heavy atom. The largest absolute Gasteiger partial charge is 0.497 e. The van der Waals surface area contributed by atoms with E-state index in [0.717, 1.165) is 0 Å². The van der Waals surface area contributed by atoms with E-state index in [2.05, 4.69) is 0 Å². The van der Waals surface area contributed by atoms with Crippen molar-refractivity contribution in [2.45, 2.75) is 19.4 Å². The maximum Gasteiger partial charge on any atom is 0.253 e. The van der Waals surface area contributed by atoms with Crippen molar-refractivity contribution in [2.75, 3.05) is 20.2 Å². The molecule has 0 spiro atoms. The molecule has 0 radical (unpaired) electrons. The van der Waals surface area contributed by atoms with Crippen molar-refractivity contribution in [1.82, 2.24) is 4.90 Å². The molecule has 0 saturated carbocycles. The minimum atomic E-state index is -0.292. The topological polar surface area (TPSA) is 49.8 Å². The van der Waals surface area contributed by atoms with Crippen molar-refractivity contribution < 1.29 is 14.6 Å². The van der Waals surface area contributed by atoms with Crippen molar-refractivity contribution in [3.05, 3.63) is 29.8 Å². The molecule has 4 nitrogen and oxygen atoms in total. The molecule has 1 aromatic rings.